The summed E-state index contributed by atoms with van der Waals surface area (Å²) in [5.74, 6) is -1.83. The predicted octanol–water partition coefficient (Wildman–Crippen LogP) is 0.496. The smallest absolute Gasteiger partial charge is 0.320 e. The first-order valence-electron chi connectivity index (χ1n) is 8.27. The van der Waals surface area contributed by atoms with Crippen LogP contribution in [0.2, 0.25) is 0 Å². The summed E-state index contributed by atoms with van der Waals surface area (Å²) >= 11 is 1.40. The van der Waals surface area contributed by atoms with Crippen LogP contribution in [-0.4, -0.2) is 48.2 Å². The number of fused-ring (bicyclic) bond motifs is 1. The van der Waals surface area contributed by atoms with E-state index in [9.17, 15) is 14.4 Å². The van der Waals surface area contributed by atoms with Crippen molar-refractivity contribution in [2.45, 2.75) is 44.2 Å². The molecule has 2 aliphatic rings. The number of primary amides is 1. The molecule has 1 aromatic rings. The monoisotopic (exact) mass is 367 g/mol. The first kappa shape index (κ1) is 17.8. The molecule has 1 aromatic heterocycles. The lowest BCUT2D eigenvalue weighted by Gasteiger charge is -2.12. The number of carbonyl (C=O) groups is 3. The van der Waals surface area contributed by atoms with Gasteiger partial charge in [-0.05, 0) is 31.2 Å². The molecule has 0 aromatic carbocycles. The quantitative estimate of drug-likeness (QED) is 0.579. The second kappa shape index (κ2) is 7.51. The summed E-state index contributed by atoms with van der Waals surface area (Å²) in [4.78, 5) is 35.9. The Kier molecular flexibility index (Phi) is 5.36. The molecule has 0 saturated carbocycles. The van der Waals surface area contributed by atoms with E-state index in [4.69, 9.17) is 15.6 Å². The zero-order valence-corrected chi connectivity index (χ0v) is 14.5. The molecule has 1 fully saturated rings. The van der Waals surface area contributed by atoms with Gasteiger partial charge in [-0.15, -0.1) is 11.3 Å². The molecule has 2 heterocycles. The number of hydrogen-bond acceptors (Lipinski definition) is 6. The first-order valence-corrected chi connectivity index (χ1v) is 9.09. The van der Waals surface area contributed by atoms with E-state index in [0.29, 0.717) is 23.5 Å². The normalized spacial score (nSPS) is 22.4. The lowest BCUT2D eigenvalue weighted by Crippen LogP contribution is -2.30. The largest absolute Gasteiger partial charge is 0.480 e. The molecule has 136 valence electrons. The highest BCUT2D eigenvalue weighted by Crippen LogP contribution is 2.37. The topological polar surface area (TPSA) is 131 Å². The van der Waals surface area contributed by atoms with E-state index in [0.717, 1.165) is 36.1 Å². The number of carboxylic acids is 1. The number of amides is 2. The van der Waals surface area contributed by atoms with Gasteiger partial charge in [-0.1, -0.05) is 0 Å². The van der Waals surface area contributed by atoms with E-state index < -0.39 is 17.9 Å². The zero-order valence-electron chi connectivity index (χ0n) is 13.7. The number of aryl methyl sites for hydroxylation is 1. The summed E-state index contributed by atoms with van der Waals surface area (Å²) < 4.78 is 5.47. The van der Waals surface area contributed by atoms with Crippen molar-refractivity contribution in [3.05, 3.63) is 16.0 Å². The van der Waals surface area contributed by atoms with E-state index in [-0.39, 0.29) is 18.6 Å². The molecule has 5 N–H and O–H groups in total. The SMILES string of the molecule is NC(=O)c1c(NC(=O)COC2CNC(C(=O)O)C2)sc2c1CCCC2. The summed E-state index contributed by atoms with van der Waals surface area (Å²) in [5.41, 5.74) is 6.88. The number of nitrogens with two attached hydrogens (primary N) is 1. The van der Waals surface area contributed by atoms with Crippen LogP contribution in [0.5, 0.6) is 0 Å². The molecule has 1 saturated heterocycles. The Bertz CT molecular complexity index is 702. The molecule has 0 radical (unpaired) electrons. The number of rotatable bonds is 6. The molecule has 1 aliphatic carbocycles. The van der Waals surface area contributed by atoms with Gasteiger partial charge in [0.2, 0.25) is 0 Å². The van der Waals surface area contributed by atoms with Crippen LogP contribution in [0, 0.1) is 0 Å². The molecule has 2 unspecified atom stereocenters. The van der Waals surface area contributed by atoms with Crippen LogP contribution in [0.4, 0.5) is 5.00 Å². The Morgan fingerprint density at radius 2 is 2.08 bits per heavy atom. The Balaban J connectivity index is 1.59. The molecule has 0 bridgehead atoms. The fraction of sp³-hybridized carbons (Fsp3) is 0.562. The first-order chi connectivity index (χ1) is 12.0. The van der Waals surface area contributed by atoms with E-state index in [1.54, 1.807) is 0 Å². The number of carboxylic acid groups (broad SMARTS) is 1. The van der Waals surface area contributed by atoms with Crippen LogP contribution in [0.15, 0.2) is 0 Å². The molecule has 2 amide bonds. The third kappa shape index (κ3) is 4.00. The Hall–Kier alpha value is -1.97. The maximum absolute atomic E-state index is 12.2. The standard InChI is InChI=1S/C16H21N3O5S/c17-14(21)13-9-3-1-2-4-11(9)25-15(13)19-12(20)7-24-8-5-10(16(22)23)18-6-8/h8,10,18H,1-7H2,(H2,17,21)(H,19,20)(H,22,23). The van der Waals surface area contributed by atoms with Gasteiger partial charge >= 0.3 is 5.97 Å². The second-order valence-corrected chi connectivity index (χ2v) is 7.40. The fourth-order valence-electron chi connectivity index (χ4n) is 3.29. The molecule has 2 atom stereocenters. The van der Waals surface area contributed by atoms with Crippen LogP contribution in [-0.2, 0) is 27.2 Å². The average Bonchev–Trinajstić information content (AvgIpc) is 3.17. The highest BCUT2D eigenvalue weighted by molar-refractivity contribution is 7.17. The van der Waals surface area contributed by atoms with Gasteiger partial charge in [0.15, 0.2) is 0 Å². The summed E-state index contributed by atoms with van der Waals surface area (Å²) in [6.45, 7) is 0.198. The van der Waals surface area contributed by atoms with Crippen LogP contribution in [0.3, 0.4) is 0 Å². The molecule has 25 heavy (non-hydrogen) atoms. The average molecular weight is 367 g/mol. The molecular weight excluding hydrogens is 346 g/mol. The number of carbonyl (C=O) groups excluding carboxylic acids is 2. The minimum absolute atomic E-state index is 0.195. The number of ether oxygens (including phenoxy) is 1. The molecule has 0 spiro atoms. The fourth-order valence-corrected chi connectivity index (χ4v) is 4.60. The Morgan fingerprint density at radius 1 is 1.32 bits per heavy atom. The number of nitrogens with one attached hydrogen (secondary N) is 2. The maximum Gasteiger partial charge on any atom is 0.320 e. The molecule has 1 aliphatic heterocycles. The van der Waals surface area contributed by atoms with E-state index >= 15 is 0 Å². The van der Waals surface area contributed by atoms with Crippen molar-refractivity contribution in [2.75, 3.05) is 18.5 Å². The zero-order chi connectivity index (χ0) is 18.0. The highest BCUT2D eigenvalue weighted by Gasteiger charge is 2.30. The summed E-state index contributed by atoms with van der Waals surface area (Å²) in [6.07, 6.45) is 3.79. The highest BCUT2D eigenvalue weighted by atomic mass is 32.1. The molecule has 3 rings (SSSR count). The van der Waals surface area contributed by atoms with Gasteiger partial charge < -0.3 is 26.2 Å². The Labute approximate surface area is 148 Å². The van der Waals surface area contributed by atoms with E-state index in [2.05, 4.69) is 10.6 Å². The summed E-state index contributed by atoms with van der Waals surface area (Å²) in [5, 5.41) is 15.0. The maximum atomic E-state index is 12.2. The van der Waals surface area contributed by atoms with Gasteiger partial charge in [0.05, 0.1) is 11.7 Å². The van der Waals surface area contributed by atoms with Crippen LogP contribution < -0.4 is 16.4 Å². The number of aliphatic carboxylic acids is 1. The van der Waals surface area contributed by atoms with E-state index in [1.807, 2.05) is 0 Å². The number of hydrogen-bond donors (Lipinski definition) is 4. The van der Waals surface area contributed by atoms with E-state index in [1.165, 1.54) is 11.3 Å². The summed E-state index contributed by atoms with van der Waals surface area (Å²) in [7, 11) is 0. The molecular formula is C16H21N3O5S. The van der Waals surface area contributed by atoms with Crippen molar-refractivity contribution in [1.82, 2.24) is 5.32 Å². The molecule has 8 nitrogen and oxygen atoms in total. The van der Waals surface area contributed by atoms with Gasteiger partial charge in [0, 0.05) is 17.8 Å². The Morgan fingerprint density at radius 3 is 2.76 bits per heavy atom. The predicted molar refractivity (Wildman–Crippen MR) is 91.9 cm³/mol. The van der Waals surface area contributed by atoms with Gasteiger partial charge in [-0.25, -0.2) is 0 Å². The minimum atomic E-state index is -0.925. The number of thiophene rings is 1. The lowest BCUT2D eigenvalue weighted by molar-refractivity contribution is -0.139. The lowest BCUT2D eigenvalue weighted by atomic mass is 9.95. The summed E-state index contributed by atoms with van der Waals surface area (Å²) in [6, 6.07) is -0.640. The van der Waals surface area contributed by atoms with Crippen molar-refractivity contribution in [3.8, 4) is 0 Å². The van der Waals surface area contributed by atoms with Gasteiger partial charge in [0.1, 0.15) is 17.6 Å². The van der Waals surface area contributed by atoms with Crippen molar-refractivity contribution < 1.29 is 24.2 Å². The second-order valence-electron chi connectivity index (χ2n) is 6.30. The third-order valence-corrected chi connectivity index (χ3v) is 5.72. The van der Waals surface area contributed by atoms with Crippen molar-refractivity contribution in [1.29, 1.82) is 0 Å². The van der Waals surface area contributed by atoms with Gasteiger partial charge in [-0.2, -0.15) is 0 Å². The van der Waals surface area contributed by atoms with Crippen LogP contribution in [0.25, 0.3) is 0 Å². The number of anilines is 1. The van der Waals surface area contributed by atoms with Crippen molar-refractivity contribution in [2.24, 2.45) is 5.73 Å². The van der Waals surface area contributed by atoms with Crippen LogP contribution in [0.1, 0.15) is 40.1 Å². The molecule has 9 heteroatoms. The minimum Gasteiger partial charge on any atom is -0.480 e. The van der Waals surface area contributed by atoms with Crippen molar-refractivity contribution >= 4 is 34.1 Å². The van der Waals surface area contributed by atoms with Crippen molar-refractivity contribution in [3.63, 3.8) is 0 Å². The van der Waals surface area contributed by atoms with Crippen LogP contribution >= 0.6 is 11.3 Å². The van der Waals surface area contributed by atoms with Gasteiger partial charge in [0.25, 0.3) is 11.8 Å². The van der Waals surface area contributed by atoms with Gasteiger partial charge in [-0.3, -0.25) is 14.4 Å². The third-order valence-electron chi connectivity index (χ3n) is 4.51.